The Morgan fingerprint density at radius 1 is 1.67 bits per heavy atom. The summed E-state index contributed by atoms with van der Waals surface area (Å²) in [6, 6.07) is 3.93. The summed E-state index contributed by atoms with van der Waals surface area (Å²) in [7, 11) is 0. The quantitative estimate of drug-likeness (QED) is 0.472. The molecule has 0 aliphatic carbocycles. The van der Waals surface area contributed by atoms with Crippen LogP contribution in [0.4, 0.5) is 5.82 Å². The van der Waals surface area contributed by atoms with E-state index in [1.807, 2.05) is 17.5 Å². The minimum atomic E-state index is -0.428. The molecule has 0 bridgehead atoms. The number of aliphatic imine (C=N–C) groups is 1. The second-order valence-corrected chi connectivity index (χ2v) is 4.60. The number of aryl methyl sites for hydroxylation is 1. The van der Waals surface area contributed by atoms with Crippen LogP contribution in [0, 0.1) is 17.0 Å². The molecule has 2 aromatic rings. The first kappa shape index (κ1) is 12.4. The Morgan fingerprint density at radius 2 is 2.50 bits per heavy atom. The molecule has 0 fully saturated rings. The standard InChI is InChI=1S/C11H12N4O2S/c1-9-13-8-11(15(16)17)14(9)5-4-12-7-10-3-2-6-18-10/h2-3,6-8H,4-5H2,1H3. The van der Waals surface area contributed by atoms with Gasteiger partial charge in [0.15, 0.2) is 5.82 Å². The zero-order chi connectivity index (χ0) is 13.0. The molecule has 0 amide bonds. The lowest BCUT2D eigenvalue weighted by atomic mass is 10.5. The molecular formula is C11H12N4O2S. The Morgan fingerprint density at radius 3 is 3.17 bits per heavy atom. The molecule has 0 saturated carbocycles. The van der Waals surface area contributed by atoms with E-state index in [-0.39, 0.29) is 5.82 Å². The first-order valence-corrected chi connectivity index (χ1v) is 6.26. The van der Waals surface area contributed by atoms with Gasteiger partial charge in [-0.2, -0.15) is 0 Å². The lowest BCUT2D eigenvalue weighted by Gasteiger charge is -1.99. The van der Waals surface area contributed by atoms with Crippen LogP contribution in [-0.4, -0.2) is 27.2 Å². The Labute approximate surface area is 108 Å². The largest absolute Gasteiger partial charge is 0.358 e. The van der Waals surface area contributed by atoms with Crippen LogP contribution < -0.4 is 0 Å². The van der Waals surface area contributed by atoms with Crippen molar-refractivity contribution in [2.24, 2.45) is 4.99 Å². The fourth-order valence-electron chi connectivity index (χ4n) is 1.56. The lowest BCUT2D eigenvalue weighted by molar-refractivity contribution is -0.392. The average Bonchev–Trinajstić information content (AvgIpc) is 2.94. The highest BCUT2D eigenvalue weighted by atomic mass is 32.1. The van der Waals surface area contributed by atoms with E-state index >= 15 is 0 Å². The van der Waals surface area contributed by atoms with E-state index < -0.39 is 4.92 Å². The van der Waals surface area contributed by atoms with Gasteiger partial charge in [0.05, 0.1) is 6.54 Å². The summed E-state index contributed by atoms with van der Waals surface area (Å²) in [5.74, 6) is 0.645. The first-order valence-electron chi connectivity index (χ1n) is 5.38. The summed E-state index contributed by atoms with van der Waals surface area (Å²) in [4.78, 5) is 19.6. The summed E-state index contributed by atoms with van der Waals surface area (Å²) in [5, 5.41) is 12.7. The van der Waals surface area contributed by atoms with Crippen LogP contribution in [0.2, 0.25) is 0 Å². The first-order chi connectivity index (χ1) is 8.68. The van der Waals surface area contributed by atoms with Crippen molar-refractivity contribution in [1.82, 2.24) is 9.55 Å². The Kier molecular flexibility index (Phi) is 3.83. The van der Waals surface area contributed by atoms with Crippen LogP contribution in [0.5, 0.6) is 0 Å². The second kappa shape index (κ2) is 5.54. The highest BCUT2D eigenvalue weighted by molar-refractivity contribution is 7.11. The summed E-state index contributed by atoms with van der Waals surface area (Å²) in [6.45, 7) is 2.70. The predicted octanol–water partition coefficient (Wildman–Crippen LogP) is 2.28. The maximum Gasteiger partial charge on any atom is 0.342 e. The van der Waals surface area contributed by atoms with Crippen molar-refractivity contribution in [3.05, 3.63) is 44.5 Å². The molecule has 6 nitrogen and oxygen atoms in total. The van der Waals surface area contributed by atoms with Crippen molar-refractivity contribution < 1.29 is 4.92 Å². The maximum absolute atomic E-state index is 10.8. The molecule has 2 rings (SSSR count). The van der Waals surface area contributed by atoms with E-state index in [2.05, 4.69) is 9.98 Å². The van der Waals surface area contributed by atoms with E-state index in [9.17, 15) is 10.1 Å². The van der Waals surface area contributed by atoms with Crippen LogP contribution in [-0.2, 0) is 6.54 Å². The normalized spacial score (nSPS) is 11.2. The fraction of sp³-hybridized carbons (Fsp3) is 0.273. The maximum atomic E-state index is 10.8. The van der Waals surface area contributed by atoms with Gasteiger partial charge in [0.1, 0.15) is 12.7 Å². The van der Waals surface area contributed by atoms with Gasteiger partial charge in [-0.05, 0) is 16.4 Å². The Bertz CT molecular complexity index is 560. The topological polar surface area (TPSA) is 73.3 Å². The monoisotopic (exact) mass is 264 g/mol. The lowest BCUT2D eigenvalue weighted by Crippen LogP contribution is -2.07. The molecule has 0 saturated heterocycles. The molecule has 0 N–H and O–H groups in total. The number of aromatic nitrogens is 2. The van der Waals surface area contributed by atoms with Crippen LogP contribution in [0.1, 0.15) is 10.7 Å². The summed E-state index contributed by atoms with van der Waals surface area (Å²) >= 11 is 1.61. The number of hydrogen-bond acceptors (Lipinski definition) is 5. The fourth-order valence-corrected chi connectivity index (χ4v) is 2.16. The third-order valence-corrected chi connectivity index (χ3v) is 3.24. The highest BCUT2D eigenvalue weighted by Gasteiger charge is 2.16. The highest BCUT2D eigenvalue weighted by Crippen LogP contribution is 2.13. The molecule has 2 aromatic heterocycles. The molecule has 0 unspecified atom stereocenters. The van der Waals surface area contributed by atoms with Gasteiger partial charge < -0.3 is 10.1 Å². The van der Waals surface area contributed by atoms with Crippen molar-refractivity contribution >= 4 is 23.4 Å². The zero-order valence-corrected chi connectivity index (χ0v) is 10.6. The molecule has 0 aliphatic heterocycles. The minimum absolute atomic E-state index is 0.0128. The van der Waals surface area contributed by atoms with Crippen molar-refractivity contribution in [2.45, 2.75) is 13.5 Å². The number of thiophene rings is 1. The smallest absolute Gasteiger partial charge is 0.342 e. The SMILES string of the molecule is Cc1ncc([N+](=O)[O-])n1CCN=Cc1cccs1. The summed E-state index contributed by atoms with van der Waals surface area (Å²) in [5.41, 5.74) is 0. The van der Waals surface area contributed by atoms with Gasteiger partial charge in [-0.1, -0.05) is 6.07 Å². The van der Waals surface area contributed by atoms with E-state index in [0.29, 0.717) is 18.9 Å². The number of nitrogens with zero attached hydrogens (tertiary/aromatic N) is 4. The van der Waals surface area contributed by atoms with Gasteiger partial charge >= 0.3 is 5.82 Å². The molecular weight excluding hydrogens is 252 g/mol. The van der Waals surface area contributed by atoms with Gasteiger partial charge in [-0.25, -0.2) is 9.55 Å². The molecule has 2 heterocycles. The molecule has 7 heteroatoms. The van der Waals surface area contributed by atoms with Crippen molar-refractivity contribution in [3.63, 3.8) is 0 Å². The third-order valence-electron chi connectivity index (χ3n) is 2.44. The van der Waals surface area contributed by atoms with E-state index in [1.165, 1.54) is 6.20 Å². The summed E-state index contributed by atoms with van der Waals surface area (Å²) < 4.78 is 1.56. The summed E-state index contributed by atoms with van der Waals surface area (Å²) in [6.07, 6.45) is 3.06. The molecule has 0 atom stereocenters. The molecule has 0 spiro atoms. The molecule has 18 heavy (non-hydrogen) atoms. The van der Waals surface area contributed by atoms with E-state index in [4.69, 9.17) is 0 Å². The number of hydrogen-bond donors (Lipinski definition) is 0. The molecule has 0 aromatic carbocycles. The van der Waals surface area contributed by atoms with Gasteiger partial charge in [0.2, 0.25) is 0 Å². The van der Waals surface area contributed by atoms with Crippen LogP contribution in [0.15, 0.2) is 28.7 Å². The van der Waals surface area contributed by atoms with E-state index in [0.717, 1.165) is 4.88 Å². The van der Waals surface area contributed by atoms with Crippen LogP contribution in [0.25, 0.3) is 0 Å². The Hall–Kier alpha value is -2.02. The van der Waals surface area contributed by atoms with Gasteiger partial charge in [-0.15, -0.1) is 11.3 Å². The second-order valence-electron chi connectivity index (χ2n) is 3.62. The number of nitro groups is 1. The van der Waals surface area contributed by atoms with Crippen LogP contribution >= 0.6 is 11.3 Å². The van der Waals surface area contributed by atoms with Crippen molar-refractivity contribution in [2.75, 3.05) is 6.54 Å². The Balaban J connectivity index is 1.98. The van der Waals surface area contributed by atoms with E-state index in [1.54, 1.807) is 29.0 Å². The van der Waals surface area contributed by atoms with Gasteiger partial charge in [0.25, 0.3) is 0 Å². The average molecular weight is 264 g/mol. The van der Waals surface area contributed by atoms with Crippen LogP contribution in [0.3, 0.4) is 0 Å². The predicted molar refractivity (Wildman–Crippen MR) is 70.4 cm³/mol. The number of rotatable bonds is 5. The molecule has 94 valence electrons. The number of imidazole rings is 1. The molecule has 0 radical (unpaired) electrons. The zero-order valence-electron chi connectivity index (χ0n) is 9.81. The minimum Gasteiger partial charge on any atom is -0.358 e. The third kappa shape index (κ3) is 2.80. The van der Waals surface area contributed by atoms with Gasteiger partial charge in [-0.3, -0.25) is 4.99 Å². The van der Waals surface area contributed by atoms with Gasteiger partial charge in [0, 0.05) is 18.0 Å². The van der Waals surface area contributed by atoms with Crippen molar-refractivity contribution in [1.29, 1.82) is 0 Å². The molecule has 0 aliphatic rings. The van der Waals surface area contributed by atoms with Crippen molar-refractivity contribution in [3.8, 4) is 0 Å².